The van der Waals surface area contributed by atoms with E-state index in [0.717, 1.165) is 49.8 Å². The van der Waals surface area contributed by atoms with Crippen LogP contribution in [0, 0.1) is 5.92 Å². The number of aryl methyl sites for hydroxylation is 1. The van der Waals surface area contributed by atoms with E-state index in [9.17, 15) is 9.59 Å². The van der Waals surface area contributed by atoms with Gasteiger partial charge in [-0.15, -0.1) is 0 Å². The fraction of sp³-hybridized carbons (Fsp3) is 0.435. The molecular weight excluding hydrogens is 382 g/mol. The van der Waals surface area contributed by atoms with Gasteiger partial charge in [0.25, 0.3) is 5.91 Å². The fourth-order valence-electron chi connectivity index (χ4n) is 4.10. The number of ether oxygens (including phenoxy) is 1. The lowest BCUT2D eigenvalue weighted by Crippen LogP contribution is -2.45. The molecule has 1 saturated heterocycles. The molecule has 1 unspecified atom stereocenters. The van der Waals surface area contributed by atoms with Crippen molar-refractivity contribution in [2.75, 3.05) is 13.1 Å². The molecule has 7 heteroatoms. The molecule has 0 radical (unpaired) electrons. The monoisotopic (exact) mass is 409 g/mol. The molecular formula is C23H27N3O4. The SMILES string of the molecule is CCc1cc(=O)oc2cc(OC(C)C(=O)N3CCC(Cn4cccn4)CC3)ccc12. The zero-order valence-electron chi connectivity index (χ0n) is 17.4. The number of likely N-dealkylation sites (tertiary alicyclic amines) is 1. The molecule has 1 aromatic carbocycles. The van der Waals surface area contributed by atoms with Crippen LogP contribution in [0.3, 0.4) is 0 Å². The zero-order valence-corrected chi connectivity index (χ0v) is 17.4. The van der Waals surface area contributed by atoms with Crippen LogP contribution in [0.5, 0.6) is 5.75 Å². The summed E-state index contributed by atoms with van der Waals surface area (Å²) in [6.45, 7) is 6.11. The third-order valence-corrected chi connectivity index (χ3v) is 5.77. The predicted molar refractivity (Wildman–Crippen MR) is 113 cm³/mol. The minimum atomic E-state index is -0.605. The number of piperidine rings is 1. The van der Waals surface area contributed by atoms with Crippen molar-refractivity contribution in [1.29, 1.82) is 0 Å². The molecule has 0 N–H and O–H groups in total. The topological polar surface area (TPSA) is 77.6 Å². The lowest BCUT2D eigenvalue weighted by molar-refractivity contribution is -0.139. The Morgan fingerprint density at radius 2 is 2.10 bits per heavy atom. The van der Waals surface area contributed by atoms with Crippen molar-refractivity contribution in [2.45, 2.75) is 45.8 Å². The van der Waals surface area contributed by atoms with E-state index < -0.39 is 6.10 Å². The van der Waals surface area contributed by atoms with Crippen LogP contribution in [0.4, 0.5) is 0 Å². The first-order valence-electron chi connectivity index (χ1n) is 10.5. The number of amides is 1. The predicted octanol–water partition coefficient (Wildman–Crippen LogP) is 3.26. The Kier molecular flexibility index (Phi) is 5.88. The number of aromatic nitrogens is 2. The Bertz CT molecular complexity index is 1070. The van der Waals surface area contributed by atoms with Crippen molar-refractivity contribution in [3.05, 3.63) is 58.7 Å². The second-order valence-corrected chi connectivity index (χ2v) is 7.86. The zero-order chi connectivity index (χ0) is 21.1. The Morgan fingerprint density at radius 1 is 1.30 bits per heavy atom. The number of nitrogens with zero attached hydrogens (tertiary/aromatic N) is 3. The summed E-state index contributed by atoms with van der Waals surface area (Å²) in [4.78, 5) is 26.5. The number of carbonyl (C=O) groups is 1. The molecule has 1 aliphatic heterocycles. The minimum Gasteiger partial charge on any atom is -0.481 e. The molecule has 2 aromatic heterocycles. The molecule has 1 fully saturated rings. The van der Waals surface area contributed by atoms with Gasteiger partial charge in [0, 0.05) is 49.5 Å². The first-order valence-corrected chi connectivity index (χ1v) is 10.5. The van der Waals surface area contributed by atoms with E-state index >= 15 is 0 Å². The second-order valence-electron chi connectivity index (χ2n) is 7.86. The van der Waals surface area contributed by atoms with Crippen molar-refractivity contribution in [3.63, 3.8) is 0 Å². The van der Waals surface area contributed by atoms with E-state index in [4.69, 9.17) is 9.15 Å². The second kappa shape index (κ2) is 8.73. The van der Waals surface area contributed by atoms with Gasteiger partial charge in [-0.25, -0.2) is 4.79 Å². The molecule has 30 heavy (non-hydrogen) atoms. The van der Waals surface area contributed by atoms with Gasteiger partial charge in [0.1, 0.15) is 11.3 Å². The summed E-state index contributed by atoms with van der Waals surface area (Å²) in [5, 5.41) is 5.16. The molecule has 0 saturated carbocycles. The molecule has 0 aliphatic carbocycles. The van der Waals surface area contributed by atoms with Gasteiger partial charge in [-0.05, 0) is 55.9 Å². The number of fused-ring (bicyclic) bond motifs is 1. The summed E-state index contributed by atoms with van der Waals surface area (Å²) in [6, 6.07) is 8.84. The maximum atomic E-state index is 12.9. The maximum absolute atomic E-state index is 12.9. The molecule has 1 atom stereocenters. The number of hydrogen-bond donors (Lipinski definition) is 0. The number of carbonyl (C=O) groups excluding carboxylic acids is 1. The molecule has 0 spiro atoms. The highest BCUT2D eigenvalue weighted by Gasteiger charge is 2.27. The molecule has 158 valence electrons. The van der Waals surface area contributed by atoms with Crippen LogP contribution in [0.1, 0.15) is 32.3 Å². The maximum Gasteiger partial charge on any atom is 0.336 e. The smallest absolute Gasteiger partial charge is 0.336 e. The van der Waals surface area contributed by atoms with Gasteiger partial charge in [-0.2, -0.15) is 5.10 Å². The summed E-state index contributed by atoms with van der Waals surface area (Å²) in [5.41, 5.74) is 1.05. The van der Waals surface area contributed by atoms with E-state index in [1.165, 1.54) is 6.07 Å². The molecule has 4 rings (SSSR count). The van der Waals surface area contributed by atoms with Crippen LogP contribution in [0.15, 0.2) is 51.9 Å². The van der Waals surface area contributed by atoms with Crippen molar-refractivity contribution in [1.82, 2.24) is 14.7 Å². The molecule has 3 aromatic rings. The number of benzene rings is 1. The number of rotatable bonds is 6. The van der Waals surface area contributed by atoms with Crippen LogP contribution in [0.2, 0.25) is 0 Å². The highest BCUT2D eigenvalue weighted by Crippen LogP contribution is 2.25. The van der Waals surface area contributed by atoms with Crippen molar-refractivity contribution >= 4 is 16.9 Å². The molecule has 0 bridgehead atoms. The molecule has 7 nitrogen and oxygen atoms in total. The summed E-state index contributed by atoms with van der Waals surface area (Å²) < 4.78 is 13.2. The number of hydrogen-bond acceptors (Lipinski definition) is 5. The van der Waals surface area contributed by atoms with Crippen LogP contribution in [-0.4, -0.2) is 39.8 Å². The van der Waals surface area contributed by atoms with E-state index in [1.54, 1.807) is 19.2 Å². The summed E-state index contributed by atoms with van der Waals surface area (Å²) in [7, 11) is 0. The highest BCUT2D eigenvalue weighted by atomic mass is 16.5. The van der Waals surface area contributed by atoms with E-state index in [2.05, 4.69) is 5.10 Å². The standard InChI is InChI=1S/C23H27N3O4/c1-3-18-13-22(27)30-21-14-19(5-6-20(18)21)29-16(2)23(28)25-11-7-17(8-12-25)15-26-10-4-9-24-26/h4-6,9-10,13-14,16-17H,3,7-8,11-12,15H2,1-2H3. The Balaban J connectivity index is 1.37. The van der Waals surface area contributed by atoms with Crippen LogP contribution < -0.4 is 10.4 Å². The third-order valence-electron chi connectivity index (χ3n) is 5.77. The van der Waals surface area contributed by atoms with Crippen molar-refractivity contribution in [2.24, 2.45) is 5.92 Å². The van der Waals surface area contributed by atoms with Crippen LogP contribution >= 0.6 is 0 Å². The highest BCUT2D eigenvalue weighted by molar-refractivity contribution is 5.83. The Hall–Kier alpha value is -3.09. The summed E-state index contributed by atoms with van der Waals surface area (Å²) in [5.74, 6) is 1.03. The quantitative estimate of drug-likeness (QED) is 0.584. The molecule has 3 heterocycles. The molecule has 1 aliphatic rings. The van der Waals surface area contributed by atoms with Crippen molar-refractivity contribution < 1.29 is 13.9 Å². The summed E-state index contributed by atoms with van der Waals surface area (Å²) >= 11 is 0. The van der Waals surface area contributed by atoms with Gasteiger partial charge in [-0.3, -0.25) is 9.48 Å². The van der Waals surface area contributed by atoms with Gasteiger partial charge in [0.15, 0.2) is 6.10 Å². The van der Waals surface area contributed by atoms with Crippen LogP contribution in [-0.2, 0) is 17.8 Å². The lowest BCUT2D eigenvalue weighted by Gasteiger charge is -2.33. The van der Waals surface area contributed by atoms with Gasteiger partial charge in [0.05, 0.1) is 0 Å². The Labute approximate surface area is 175 Å². The first-order chi connectivity index (χ1) is 14.5. The lowest BCUT2D eigenvalue weighted by atomic mass is 9.96. The first kappa shape index (κ1) is 20.2. The molecule has 1 amide bonds. The summed E-state index contributed by atoms with van der Waals surface area (Å²) in [6.07, 6.45) is 5.82. The van der Waals surface area contributed by atoms with Crippen LogP contribution in [0.25, 0.3) is 11.0 Å². The third kappa shape index (κ3) is 4.40. The van der Waals surface area contributed by atoms with Gasteiger partial charge in [-0.1, -0.05) is 6.92 Å². The van der Waals surface area contributed by atoms with Gasteiger partial charge in [0.2, 0.25) is 0 Å². The average molecular weight is 409 g/mol. The minimum absolute atomic E-state index is 0.0172. The van der Waals surface area contributed by atoms with E-state index in [0.29, 0.717) is 17.3 Å². The largest absolute Gasteiger partial charge is 0.481 e. The van der Waals surface area contributed by atoms with Crippen molar-refractivity contribution in [3.8, 4) is 5.75 Å². The van der Waals surface area contributed by atoms with E-state index in [-0.39, 0.29) is 11.5 Å². The normalized spacial score (nSPS) is 16.0. The Morgan fingerprint density at radius 3 is 2.80 bits per heavy atom. The van der Waals surface area contributed by atoms with Gasteiger partial charge >= 0.3 is 5.63 Å². The fourth-order valence-corrected chi connectivity index (χ4v) is 4.10. The van der Waals surface area contributed by atoms with Gasteiger partial charge < -0.3 is 14.1 Å². The average Bonchev–Trinajstić information content (AvgIpc) is 3.26. The van der Waals surface area contributed by atoms with E-state index in [1.807, 2.05) is 40.9 Å².